The zero-order valence-electron chi connectivity index (χ0n) is 15.6. The number of nitrogens with one attached hydrogen (secondary N) is 1. The van der Waals surface area contributed by atoms with E-state index >= 15 is 0 Å². The topological polar surface area (TPSA) is 65.0 Å². The molecule has 0 amide bonds. The van der Waals surface area contributed by atoms with Crippen LogP contribution in [0.2, 0.25) is 0 Å². The molecule has 0 saturated carbocycles. The van der Waals surface area contributed by atoms with Crippen LogP contribution in [0.15, 0.2) is 48.7 Å². The summed E-state index contributed by atoms with van der Waals surface area (Å²) in [6.45, 7) is 1.47. The number of para-hydroxylation sites is 1. The van der Waals surface area contributed by atoms with Gasteiger partial charge in [-0.15, -0.1) is 0 Å². The Hall–Kier alpha value is -3.38. The van der Waals surface area contributed by atoms with Crippen LogP contribution in [-0.2, 0) is 18.4 Å². The summed E-state index contributed by atoms with van der Waals surface area (Å²) in [5, 5.41) is 13.1. The highest BCUT2D eigenvalue weighted by atomic mass is 16.5. The van der Waals surface area contributed by atoms with E-state index in [1.54, 1.807) is 0 Å². The number of H-pyrrole nitrogens is 1. The Bertz CT molecular complexity index is 1170. The Morgan fingerprint density at radius 1 is 1.07 bits per heavy atom. The predicted molar refractivity (Wildman–Crippen MR) is 109 cm³/mol. The van der Waals surface area contributed by atoms with Crippen LogP contribution in [0.5, 0.6) is 5.75 Å². The summed E-state index contributed by atoms with van der Waals surface area (Å²) in [6.07, 6.45) is 5.98. The quantitative estimate of drug-likeness (QED) is 0.506. The number of rotatable bonds is 0. The lowest BCUT2D eigenvalue weighted by molar-refractivity contribution is 0.0853. The van der Waals surface area contributed by atoms with Gasteiger partial charge >= 0.3 is 0 Å². The molecule has 2 bridgehead atoms. The third kappa shape index (κ3) is 2.97. The van der Waals surface area contributed by atoms with Crippen LogP contribution in [0.4, 0.5) is 0 Å². The van der Waals surface area contributed by atoms with Crippen molar-refractivity contribution in [2.24, 2.45) is 7.05 Å². The molecular formula is C22H20N4O2. The number of ether oxygens (including phenoxy) is 2. The molecule has 0 fully saturated rings. The molecule has 0 radical (unpaired) electrons. The van der Waals surface area contributed by atoms with Gasteiger partial charge in [-0.25, -0.2) is 0 Å². The lowest BCUT2D eigenvalue weighted by atomic mass is 10.0. The second-order valence-corrected chi connectivity index (χ2v) is 6.77. The minimum Gasteiger partial charge on any atom is -0.491 e. The number of hydrogen-bond donors (Lipinski definition) is 1. The highest BCUT2D eigenvalue weighted by Crippen LogP contribution is 2.29. The normalized spacial score (nSPS) is 15.3. The zero-order valence-corrected chi connectivity index (χ0v) is 15.6. The first-order chi connectivity index (χ1) is 13.8. The number of hydrogen-bond acceptors (Lipinski definition) is 4. The zero-order chi connectivity index (χ0) is 18.9. The summed E-state index contributed by atoms with van der Waals surface area (Å²) in [7, 11) is 1.94. The minimum atomic E-state index is 0.478. The number of aryl methyl sites for hydroxylation is 1. The van der Waals surface area contributed by atoms with Gasteiger partial charge in [-0.3, -0.25) is 9.78 Å². The van der Waals surface area contributed by atoms with E-state index in [0.29, 0.717) is 19.8 Å². The minimum absolute atomic E-state index is 0.478. The molecule has 1 aliphatic heterocycles. The maximum absolute atomic E-state index is 5.94. The van der Waals surface area contributed by atoms with E-state index in [-0.39, 0.29) is 0 Å². The number of aromatic amines is 1. The third-order valence-corrected chi connectivity index (χ3v) is 5.03. The summed E-state index contributed by atoms with van der Waals surface area (Å²) in [6, 6.07) is 14.3. The Balaban J connectivity index is 1.66. The van der Waals surface area contributed by atoms with Crippen molar-refractivity contribution in [1.82, 2.24) is 20.0 Å². The first kappa shape index (κ1) is 16.8. The highest BCUT2D eigenvalue weighted by Gasteiger charge is 2.13. The third-order valence-electron chi connectivity index (χ3n) is 5.03. The maximum Gasteiger partial charge on any atom is 0.126 e. The monoisotopic (exact) mass is 372 g/mol. The van der Waals surface area contributed by atoms with Crippen LogP contribution in [0, 0.1) is 0 Å². The van der Waals surface area contributed by atoms with Crippen molar-refractivity contribution in [2.75, 3.05) is 13.2 Å². The number of nitrogens with zero attached hydrogens (tertiary/aromatic N) is 3. The average molecular weight is 372 g/mol. The van der Waals surface area contributed by atoms with Crippen LogP contribution < -0.4 is 4.74 Å². The first-order valence-corrected chi connectivity index (χ1v) is 9.26. The lowest BCUT2D eigenvalue weighted by Gasteiger charge is -2.10. The lowest BCUT2D eigenvalue weighted by Crippen LogP contribution is -2.09. The van der Waals surface area contributed by atoms with Crippen LogP contribution >= 0.6 is 0 Å². The van der Waals surface area contributed by atoms with Crippen molar-refractivity contribution < 1.29 is 9.47 Å². The van der Waals surface area contributed by atoms with Gasteiger partial charge in [-0.05, 0) is 35.9 Å². The van der Waals surface area contributed by atoms with Crippen molar-refractivity contribution >= 4 is 23.1 Å². The van der Waals surface area contributed by atoms with Crippen LogP contribution in [0.1, 0.15) is 17.0 Å². The van der Waals surface area contributed by atoms with Gasteiger partial charge in [0.15, 0.2) is 0 Å². The Morgan fingerprint density at radius 2 is 2.00 bits per heavy atom. The van der Waals surface area contributed by atoms with E-state index in [1.807, 2.05) is 60.4 Å². The molecule has 6 nitrogen and oxygen atoms in total. The molecule has 3 heterocycles. The number of aromatic nitrogens is 4. The Kier molecular flexibility index (Phi) is 4.18. The summed E-state index contributed by atoms with van der Waals surface area (Å²) in [4.78, 5) is 0. The average Bonchev–Trinajstić information content (AvgIpc) is 3.29. The van der Waals surface area contributed by atoms with E-state index in [0.717, 1.165) is 44.7 Å². The van der Waals surface area contributed by atoms with Crippen molar-refractivity contribution in [1.29, 1.82) is 0 Å². The molecule has 1 aliphatic rings. The van der Waals surface area contributed by atoms with Crippen LogP contribution in [-0.4, -0.2) is 33.2 Å². The molecule has 140 valence electrons. The molecule has 6 heteroatoms. The second-order valence-electron chi connectivity index (χ2n) is 6.77. The van der Waals surface area contributed by atoms with Crippen LogP contribution in [0.25, 0.3) is 34.2 Å². The molecule has 2 aromatic carbocycles. The molecule has 4 aromatic rings. The summed E-state index contributed by atoms with van der Waals surface area (Å²) < 4.78 is 13.7. The Morgan fingerprint density at radius 3 is 2.96 bits per heavy atom. The van der Waals surface area contributed by atoms with Gasteiger partial charge in [-0.2, -0.15) is 10.2 Å². The largest absolute Gasteiger partial charge is 0.491 e. The molecule has 5 rings (SSSR count). The van der Waals surface area contributed by atoms with Crippen molar-refractivity contribution in [3.05, 3.63) is 65.6 Å². The van der Waals surface area contributed by atoms with E-state index in [1.165, 1.54) is 0 Å². The SMILES string of the molecule is Cn1ncc2c1COCCOc1ccccc1/C=C/c1[nH]nc3ccc-2cc13. The van der Waals surface area contributed by atoms with Crippen LogP contribution in [0.3, 0.4) is 0 Å². The van der Waals surface area contributed by atoms with E-state index < -0.39 is 0 Å². The van der Waals surface area contributed by atoms with Crippen molar-refractivity contribution in [3.8, 4) is 16.9 Å². The Labute approximate surface area is 162 Å². The summed E-state index contributed by atoms with van der Waals surface area (Å²) in [5.74, 6) is 0.836. The molecule has 28 heavy (non-hydrogen) atoms. The molecule has 0 unspecified atom stereocenters. The standard InChI is InChI=1S/C22H20N4O2/c1-26-21-14-27-10-11-28-22-5-3-2-4-15(22)6-8-19-17-12-16(18(21)13-23-26)7-9-20(17)25-24-19/h2-9,12-13H,10-11,14H2,1H3,(H,24,25)/b8-6+. The fourth-order valence-electron chi connectivity index (χ4n) is 3.50. The second kappa shape index (κ2) is 6.98. The van der Waals surface area contributed by atoms with Gasteiger partial charge in [0.2, 0.25) is 0 Å². The van der Waals surface area contributed by atoms with Gasteiger partial charge in [0.25, 0.3) is 0 Å². The number of fused-ring (bicyclic) bond motifs is 4. The van der Waals surface area contributed by atoms with E-state index in [2.05, 4.69) is 27.4 Å². The maximum atomic E-state index is 5.94. The van der Waals surface area contributed by atoms with Gasteiger partial charge in [0.1, 0.15) is 12.4 Å². The van der Waals surface area contributed by atoms with E-state index in [4.69, 9.17) is 9.47 Å². The highest BCUT2D eigenvalue weighted by molar-refractivity contribution is 5.92. The molecule has 2 aromatic heterocycles. The smallest absolute Gasteiger partial charge is 0.126 e. The van der Waals surface area contributed by atoms with E-state index in [9.17, 15) is 0 Å². The predicted octanol–water partition coefficient (Wildman–Crippen LogP) is 4.04. The molecule has 0 atom stereocenters. The number of benzene rings is 2. The van der Waals surface area contributed by atoms with Gasteiger partial charge in [-0.1, -0.05) is 24.3 Å². The fraction of sp³-hybridized carbons (Fsp3) is 0.182. The molecule has 1 N–H and O–H groups in total. The first-order valence-electron chi connectivity index (χ1n) is 9.26. The molecule has 0 spiro atoms. The van der Waals surface area contributed by atoms with Gasteiger partial charge < -0.3 is 9.47 Å². The van der Waals surface area contributed by atoms with Gasteiger partial charge in [0, 0.05) is 23.6 Å². The molecular weight excluding hydrogens is 352 g/mol. The molecule has 0 aliphatic carbocycles. The summed E-state index contributed by atoms with van der Waals surface area (Å²) in [5.41, 5.74) is 6.11. The summed E-state index contributed by atoms with van der Waals surface area (Å²) >= 11 is 0. The van der Waals surface area contributed by atoms with Crippen molar-refractivity contribution in [2.45, 2.75) is 6.61 Å². The van der Waals surface area contributed by atoms with Gasteiger partial charge in [0.05, 0.1) is 36.3 Å². The van der Waals surface area contributed by atoms with Crippen molar-refractivity contribution in [3.63, 3.8) is 0 Å². The molecule has 0 saturated heterocycles. The fourth-order valence-corrected chi connectivity index (χ4v) is 3.50.